The van der Waals surface area contributed by atoms with Crippen molar-refractivity contribution < 1.29 is 0 Å². The van der Waals surface area contributed by atoms with Gasteiger partial charge in [-0.3, -0.25) is 4.79 Å². The average molecular weight is 192 g/mol. The van der Waals surface area contributed by atoms with Crippen LogP contribution in [0, 0.1) is 0 Å². The quantitative estimate of drug-likeness (QED) is 0.725. The van der Waals surface area contributed by atoms with Gasteiger partial charge in [0.15, 0.2) is 0 Å². The molecule has 0 spiro atoms. The lowest BCUT2D eigenvalue weighted by molar-refractivity contribution is 0.410. The molecule has 0 aromatic carbocycles. The van der Waals surface area contributed by atoms with Crippen molar-refractivity contribution >= 4 is 0 Å². The molecule has 3 nitrogen and oxygen atoms in total. The Bertz CT molecular complexity index is 364. The molecule has 1 aliphatic heterocycles. The van der Waals surface area contributed by atoms with Gasteiger partial charge in [-0.1, -0.05) is 12.5 Å². The molecule has 1 saturated heterocycles. The molecule has 1 N–H and O–H groups in total. The summed E-state index contributed by atoms with van der Waals surface area (Å²) in [5.41, 5.74) is 1.29. The zero-order valence-corrected chi connectivity index (χ0v) is 8.49. The van der Waals surface area contributed by atoms with Gasteiger partial charge in [-0.15, -0.1) is 0 Å². The molecule has 0 unspecified atom stereocenters. The lowest BCUT2D eigenvalue weighted by Crippen LogP contribution is -2.28. The third-order valence-corrected chi connectivity index (χ3v) is 2.82. The van der Waals surface area contributed by atoms with E-state index < -0.39 is 0 Å². The van der Waals surface area contributed by atoms with Crippen LogP contribution in [0.15, 0.2) is 23.1 Å². The summed E-state index contributed by atoms with van der Waals surface area (Å²) in [6.07, 6.45) is 5.66. The number of rotatable bonds is 1. The van der Waals surface area contributed by atoms with Gasteiger partial charge in [-0.05, 0) is 24.9 Å². The van der Waals surface area contributed by atoms with E-state index in [9.17, 15) is 4.79 Å². The molecule has 1 aromatic heterocycles. The zero-order valence-electron chi connectivity index (χ0n) is 8.49. The minimum Gasteiger partial charge on any atom is -0.318 e. The number of piperidine rings is 1. The molecule has 0 bridgehead atoms. The number of aryl methyl sites for hydroxylation is 1. The van der Waals surface area contributed by atoms with E-state index in [0.717, 1.165) is 6.54 Å². The van der Waals surface area contributed by atoms with E-state index >= 15 is 0 Å². The smallest absolute Gasteiger partial charge is 0.250 e. The van der Waals surface area contributed by atoms with Crippen molar-refractivity contribution in [2.45, 2.75) is 25.3 Å². The predicted octanol–water partition coefficient (Wildman–Crippen LogP) is 1.20. The first kappa shape index (κ1) is 9.46. The van der Waals surface area contributed by atoms with Gasteiger partial charge in [0.1, 0.15) is 0 Å². The molecule has 14 heavy (non-hydrogen) atoms. The summed E-state index contributed by atoms with van der Waals surface area (Å²) in [4.78, 5) is 11.2. The van der Waals surface area contributed by atoms with Crippen molar-refractivity contribution in [3.63, 3.8) is 0 Å². The average Bonchev–Trinajstić information content (AvgIpc) is 2.23. The van der Waals surface area contributed by atoms with Crippen LogP contribution >= 0.6 is 0 Å². The molecule has 1 fully saturated rings. The summed E-state index contributed by atoms with van der Waals surface area (Å²) in [7, 11) is 1.80. The summed E-state index contributed by atoms with van der Waals surface area (Å²) in [5, 5.41) is 3.47. The van der Waals surface area contributed by atoms with Crippen LogP contribution in [0.5, 0.6) is 0 Å². The van der Waals surface area contributed by atoms with Crippen molar-refractivity contribution in [2.75, 3.05) is 6.54 Å². The van der Waals surface area contributed by atoms with Crippen molar-refractivity contribution in [3.8, 4) is 0 Å². The van der Waals surface area contributed by atoms with E-state index in [2.05, 4.69) is 5.32 Å². The Hall–Kier alpha value is -1.09. The van der Waals surface area contributed by atoms with Crippen LogP contribution < -0.4 is 10.9 Å². The molecule has 2 heterocycles. The van der Waals surface area contributed by atoms with Crippen LogP contribution in [0.3, 0.4) is 0 Å². The summed E-state index contributed by atoms with van der Waals surface area (Å²) < 4.78 is 1.64. The maximum Gasteiger partial charge on any atom is 0.250 e. The second-order valence-corrected chi connectivity index (χ2v) is 3.91. The van der Waals surface area contributed by atoms with Crippen molar-refractivity contribution in [1.29, 1.82) is 0 Å². The number of nitrogens with zero attached hydrogens (tertiary/aromatic N) is 1. The first-order valence-electron chi connectivity index (χ1n) is 5.17. The fourth-order valence-electron chi connectivity index (χ4n) is 1.96. The van der Waals surface area contributed by atoms with Crippen LogP contribution in [-0.2, 0) is 7.05 Å². The van der Waals surface area contributed by atoms with Gasteiger partial charge in [0.25, 0.3) is 0 Å². The van der Waals surface area contributed by atoms with E-state index in [0.29, 0.717) is 6.04 Å². The van der Waals surface area contributed by atoms with Crippen LogP contribution in [-0.4, -0.2) is 11.1 Å². The predicted molar refractivity (Wildman–Crippen MR) is 56.3 cm³/mol. The van der Waals surface area contributed by atoms with E-state index in [4.69, 9.17) is 0 Å². The molecule has 2 rings (SSSR count). The number of nitrogens with one attached hydrogen (secondary N) is 1. The molecular weight excluding hydrogens is 176 g/mol. The van der Waals surface area contributed by atoms with E-state index in [1.165, 1.54) is 24.8 Å². The lowest BCUT2D eigenvalue weighted by atomic mass is 9.99. The first-order valence-corrected chi connectivity index (χ1v) is 5.17. The molecule has 1 aliphatic rings. The van der Waals surface area contributed by atoms with Gasteiger partial charge in [0.05, 0.1) is 0 Å². The Kier molecular flexibility index (Phi) is 2.68. The molecular formula is C11H16N2O. The second kappa shape index (κ2) is 3.96. The molecule has 3 heteroatoms. The second-order valence-electron chi connectivity index (χ2n) is 3.91. The van der Waals surface area contributed by atoms with Gasteiger partial charge < -0.3 is 9.88 Å². The SMILES string of the molecule is Cn1cc([C@@H]2CCCCN2)ccc1=O. The zero-order chi connectivity index (χ0) is 9.97. The molecule has 0 radical (unpaired) electrons. The van der Waals surface area contributed by atoms with Crippen LogP contribution in [0.25, 0.3) is 0 Å². The maximum atomic E-state index is 11.2. The Morgan fingerprint density at radius 3 is 2.93 bits per heavy atom. The van der Waals surface area contributed by atoms with Crippen LogP contribution in [0.4, 0.5) is 0 Å². The first-order chi connectivity index (χ1) is 6.77. The number of aromatic nitrogens is 1. The number of hydrogen-bond donors (Lipinski definition) is 1. The van der Waals surface area contributed by atoms with Crippen LogP contribution in [0.2, 0.25) is 0 Å². The highest BCUT2D eigenvalue weighted by Gasteiger charge is 2.14. The van der Waals surface area contributed by atoms with Gasteiger partial charge in [0.2, 0.25) is 5.56 Å². The van der Waals surface area contributed by atoms with E-state index in [1.54, 1.807) is 17.7 Å². The van der Waals surface area contributed by atoms with Crippen molar-refractivity contribution in [2.24, 2.45) is 7.05 Å². The largest absolute Gasteiger partial charge is 0.318 e. The molecule has 1 atom stereocenters. The molecule has 76 valence electrons. The van der Waals surface area contributed by atoms with Gasteiger partial charge in [-0.2, -0.15) is 0 Å². The molecule has 0 aliphatic carbocycles. The van der Waals surface area contributed by atoms with Gasteiger partial charge in [-0.25, -0.2) is 0 Å². The fourth-order valence-corrected chi connectivity index (χ4v) is 1.96. The monoisotopic (exact) mass is 192 g/mol. The maximum absolute atomic E-state index is 11.2. The van der Waals surface area contributed by atoms with E-state index in [-0.39, 0.29) is 5.56 Å². The third kappa shape index (κ3) is 1.87. The molecule has 0 amide bonds. The summed E-state index contributed by atoms with van der Waals surface area (Å²) >= 11 is 0. The minimum absolute atomic E-state index is 0.0598. The fraction of sp³-hybridized carbons (Fsp3) is 0.545. The highest BCUT2D eigenvalue weighted by molar-refractivity contribution is 5.15. The topological polar surface area (TPSA) is 34.0 Å². The summed E-state index contributed by atoms with van der Waals surface area (Å²) in [6, 6.07) is 4.02. The molecule has 1 aromatic rings. The van der Waals surface area contributed by atoms with Crippen molar-refractivity contribution in [1.82, 2.24) is 9.88 Å². The Morgan fingerprint density at radius 1 is 1.43 bits per heavy atom. The molecule has 0 saturated carbocycles. The standard InChI is InChI=1S/C11H16N2O/c1-13-8-9(5-6-11(13)14)10-4-2-3-7-12-10/h5-6,8,10,12H,2-4,7H2,1H3/t10-/m0/s1. The van der Waals surface area contributed by atoms with Gasteiger partial charge >= 0.3 is 0 Å². The third-order valence-electron chi connectivity index (χ3n) is 2.82. The summed E-state index contributed by atoms with van der Waals surface area (Å²) in [5.74, 6) is 0. The van der Waals surface area contributed by atoms with E-state index in [1.807, 2.05) is 12.3 Å². The number of hydrogen-bond acceptors (Lipinski definition) is 2. The summed E-state index contributed by atoms with van der Waals surface area (Å²) in [6.45, 7) is 1.09. The number of pyridine rings is 1. The van der Waals surface area contributed by atoms with Crippen molar-refractivity contribution in [3.05, 3.63) is 34.2 Å². The Labute approximate surface area is 83.8 Å². The normalized spacial score (nSPS) is 22.2. The Morgan fingerprint density at radius 2 is 2.29 bits per heavy atom. The van der Waals surface area contributed by atoms with Gasteiger partial charge in [0, 0.05) is 25.4 Å². The van der Waals surface area contributed by atoms with Crippen LogP contribution in [0.1, 0.15) is 30.9 Å². The minimum atomic E-state index is 0.0598. The highest BCUT2D eigenvalue weighted by atomic mass is 16.1. The Balaban J connectivity index is 2.22. The lowest BCUT2D eigenvalue weighted by Gasteiger charge is -2.23. The highest BCUT2D eigenvalue weighted by Crippen LogP contribution is 2.21.